The lowest BCUT2D eigenvalue weighted by Crippen LogP contribution is -2.59. The molecule has 0 aromatic heterocycles. The summed E-state index contributed by atoms with van der Waals surface area (Å²) in [5.41, 5.74) is 8.59. The van der Waals surface area contributed by atoms with Crippen molar-refractivity contribution in [3.05, 3.63) is 83.9 Å². The Hall–Kier alpha value is -4.04. The number of hydrogen-bond donors (Lipinski definition) is 1. The number of nitrogens with zero attached hydrogens (tertiary/aromatic N) is 3. The largest absolute Gasteiger partial charge is 0.497 e. The summed E-state index contributed by atoms with van der Waals surface area (Å²) in [6.07, 6.45) is 1.75. The number of urea groups is 1. The Morgan fingerprint density at radius 1 is 0.976 bits per heavy atom. The number of nitrogen functional groups attached to an aromatic ring is 1. The van der Waals surface area contributed by atoms with Crippen LogP contribution in [0.4, 0.5) is 16.2 Å². The number of methoxy groups -OCH3 is 1. The number of amides is 3. The van der Waals surface area contributed by atoms with Gasteiger partial charge in [-0.2, -0.15) is 0 Å². The molecular weight excluding hydrogens is 516 g/mol. The molecule has 2 saturated heterocycles. The van der Waals surface area contributed by atoms with Gasteiger partial charge in [0, 0.05) is 37.1 Å². The van der Waals surface area contributed by atoms with E-state index in [0.717, 1.165) is 29.2 Å². The van der Waals surface area contributed by atoms with Crippen molar-refractivity contribution in [2.75, 3.05) is 30.8 Å². The average molecular weight is 557 g/mol. The number of carbonyl (C=O) groups is 2. The van der Waals surface area contributed by atoms with E-state index in [2.05, 4.69) is 24.0 Å². The summed E-state index contributed by atoms with van der Waals surface area (Å²) in [7, 11) is 1.63. The van der Waals surface area contributed by atoms with E-state index in [1.807, 2.05) is 62.4 Å². The summed E-state index contributed by atoms with van der Waals surface area (Å²) in [5, 5.41) is 0. The maximum absolute atomic E-state index is 14.2. The van der Waals surface area contributed by atoms with E-state index in [0.29, 0.717) is 43.7 Å². The average Bonchev–Trinajstić information content (AvgIpc) is 3.14. The molecule has 2 N–H and O–H groups in total. The second-order valence-corrected chi connectivity index (χ2v) is 11.4. The van der Waals surface area contributed by atoms with Gasteiger partial charge in [0.15, 0.2) is 0 Å². The molecule has 0 aliphatic carbocycles. The zero-order valence-corrected chi connectivity index (χ0v) is 24.4. The van der Waals surface area contributed by atoms with Crippen molar-refractivity contribution in [3.63, 3.8) is 0 Å². The molecule has 0 radical (unpaired) electrons. The molecule has 0 saturated carbocycles. The van der Waals surface area contributed by atoms with Gasteiger partial charge in [0.05, 0.1) is 13.2 Å². The number of piperidine rings is 1. The number of benzene rings is 3. The number of anilines is 2. The summed E-state index contributed by atoms with van der Waals surface area (Å²) in [6.45, 7) is 7.92. The zero-order chi connectivity index (χ0) is 29.1. The third-order valence-corrected chi connectivity index (χ3v) is 8.13. The number of carbonyl (C=O) groups excluding carboxylic acids is 2. The molecule has 2 aliphatic rings. The number of imide groups is 1. The SMILES string of the molecule is COc1ccc(CCN2C(=O)N(c3cccc(N)c3)[C@@]3(CCN(Cc4cccc(OC(C)C)c4)[C@@H](C)C3)C2=O)cc1. The van der Waals surface area contributed by atoms with Crippen LogP contribution in [0.5, 0.6) is 11.5 Å². The predicted octanol–water partition coefficient (Wildman–Crippen LogP) is 5.50. The van der Waals surface area contributed by atoms with Crippen LogP contribution in [-0.4, -0.2) is 59.6 Å². The summed E-state index contributed by atoms with van der Waals surface area (Å²) >= 11 is 0. The van der Waals surface area contributed by atoms with Crippen LogP contribution in [0.3, 0.4) is 0 Å². The van der Waals surface area contributed by atoms with Gasteiger partial charge in [0.1, 0.15) is 17.0 Å². The molecule has 2 heterocycles. The summed E-state index contributed by atoms with van der Waals surface area (Å²) in [5.74, 6) is 1.50. The van der Waals surface area contributed by atoms with E-state index in [1.165, 1.54) is 4.90 Å². The van der Waals surface area contributed by atoms with Crippen molar-refractivity contribution >= 4 is 23.3 Å². The van der Waals surface area contributed by atoms with Gasteiger partial charge in [-0.25, -0.2) is 4.79 Å². The lowest BCUT2D eigenvalue weighted by atomic mass is 9.81. The monoisotopic (exact) mass is 556 g/mol. The lowest BCUT2D eigenvalue weighted by Gasteiger charge is -2.45. The molecule has 3 aromatic rings. The fourth-order valence-electron chi connectivity index (χ4n) is 6.11. The van der Waals surface area contributed by atoms with Crippen LogP contribution in [0.15, 0.2) is 72.8 Å². The van der Waals surface area contributed by atoms with E-state index in [-0.39, 0.29) is 24.1 Å². The summed E-state index contributed by atoms with van der Waals surface area (Å²) in [4.78, 5) is 33.7. The van der Waals surface area contributed by atoms with Gasteiger partial charge in [0.2, 0.25) is 0 Å². The summed E-state index contributed by atoms with van der Waals surface area (Å²) in [6, 6.07) is 23.0. The van der Waals surface area contributed by atoms with E-state index >= 15 is 0 Å². The van der Waals surface area contributed by atoms with Gasteiger partial charge in [-0.05, 0) is 93.6 Å². The smallest absolute Gasteiger partial charge is 0.332 e. The topological polar surface area (TPSA) is 88.3 Å². The first-order chi connectivity index (χ1) is 19.7. The molecule has 8 nitrogen and oxygen atoms in total. The molecule has 3 amide bonds. The summed E-state index contributed by atoms with van der Waals surface area (Å²) < 4.78 is 11.2. The first-order valence-corrected chi connectivity index (χ1v) is 14.3. The Morgan fingerprint density at radius 3 is 2.41 bits per heavy atom. The first kappa shape index (κ1) is 28.5. The Bertz CT molecular complexity index is 1390. The van der Waals surface area contributed by atoms with Crippen molar-refractivity contribution in [3.8, 4) is 11.5 Å². The molecule has 216 valence electrons. The van der Waals surface area contributed by atoms with Gasteiger partial charge in [-0.1, -0.05) is 30.3 Å². The van der Waals surface area contributed by atoms with Gasteiger partial charge in [-0.3, -0.25) is 19.5 Å². The first-order valence-electron chi connectivity index (χ1n) is 14.3. The molecule has 2 aliphatic heterocycles. The number of nitrogens with two attached hydrogens (primary N) is 1. The minimum atomic E-state index is -0.955. The van der Waals surface area contributed by atoms with Crippen molar-refractivity contribution in [2.24, 2.45) is 0 Å². The molecule has 2 fully saturated rings. The maximum atomic E-state index is 14.2. The number of likely N-dealkylation sites (tertiary alicyclic amines) is 1. The Morgan fingerprint density at radius 2 is 1.73 bits per heavy atom. The van der Waals surface area contributed by atoms with Crippen LogP contribution < -0.4 is 20.1 Å². The Balaban J connectivity index is 1.38. The molecular formula is C33H40N4O4. The highest BCUT2D eigenvalue weighted by molar-refractivity contribution is 6.17. The highest BCUT2D eigenvalue weighted by atomic mass is 16.5. The van der Waals surface area contributed by atoms with E-state index < -0.39 is 5.54 Å². The molecule has 2 atom stereocenters. The quantitative estimate of drug-likeness (QED) is 0.277. The standard InChI is InChI=1S/C33H40N4O4/c1-23(2)41-30-10-5-7-26(19-30)22-35-18-16-33(21-24(35)3)31(38)36(17-15-25-11-13-29(40-4)14-12-25)32(39)37(33)28-9-6-8-27(34)20-28/h5-14,19-20,23-24H,15-18,21-22,34H2,1-4H3/t24-,33+/m0/s1. The van der Waals surface area contributed by atoms with Crippen molar-refractivity contribution in [2.45, 2.75) is 64.3 Å². The minimum Gasteiger partial charge on any atom is -0.497 e. The van der Waals surface area contributed by atoms with E-state index in [9.17, 15) is 9.59 Å². The molecule has 8 heteroatoms. The number of rotatable bonds is 9. The maximum Gasteiger partial charge on any atom is 0.332 e. The van der Waals surface area contributed by atoms with Crippen LogP contribution >= 0.6 is 0 Å². The van der Waals surface area contributed by atoms with Gasteiger partial charge in [0.25, 0.3) is 5.91 Å². The molecule has 0 bridgehead atoms. The van der Waals surface area contributed by atoms with Gasteiger partial charge >= 0.3 is 6.03 Å². The third kappa shape index (κ3) is 5.88. The van der Waals surface area contributed by atoms with Gasteiger partial charge in [-0.15, -0.1) is 0 Å². The second-order valence-electron chi connectivity index (χ2n) is 11.4. The van der Waals surface area contributed by atoms with Crippen molar-refractivity contribution in [1.82, 2.24) is 9.80 Å². The minimum absolute atomic E-state index is 0.0697. The normalized spacial score (nSPS) is 21.2. The third-order valence-electron chi connectivity index (χ3n) is 8.13. The van der Waals surface area contributed by atoms with Crippen molar-refractivity contribution < 1.29 is 19.1 Å². The number of hydrogen-bond acceptors (Lipinski definition) is 6. The Labute approximate surface area is 242 Å². The van der Waals surface area contributed by atoms with Crippen molar-refractivity contribution in [1.29, 1.82) is 0 Å². The van der Waals surface area contributed by atoms with Gasteiger partial charge < -0.3 is 15.2 Å². The van der Waals surface area contributed by atoms with Crippen LogP contribution in [-0.2, 0) is 17.8 Å². The predicted molar refractivity (Wildman–Crippen MR) is 161 cm³/mol. The zero-order valence-electron chi connectivity index (χ0n) is 24.4. The molecule has 3 aromatic carbocycles. The number of ether oxygens (including phenoxy) is 2. The molecule has 41 heavy (non-hydrogen) atoms. The van der Waals surface area contributed by atoms with Crippen LogP contribution in [0, 0.1) is 0 Å². The molecule has 5 rings (SSSR count). The van der Waals surface area contributed by atoms with E-state index in [4.69, 9.17) is 15.2 Å². The Kier molecular flexibility index (Phi) is 8.22. The fourth-order valence-corrected chi connectivity index (χ4v) is 6.11. The second kappa shape index (κ2) is 11.8. The van der Waals surface area contributed by atoms with Crippen LogP contribution in [0.2, 0.25) is 0 Å². The van der Waals surface area contributed by atoms with E-state index in [1.54, 1.807) is 24.1 Å². The highest BCUT2D eigenvalue weighted by Crippen LogP contribution is 2.43. The van der Waals surface area contributed by atoms with Crippen LogP contribution in [0.25, 0.3) is 0 Å². The highest BCUT2D eigenvalue weighted by Gasteiger charge is 2.59. The molecule has 0 unspecified atom stereocenters. The van der Waals surface area contributed by atoms with Crippen LogP contribution in [0.1, 0.15) is 44.7 Å². The lowest BCUT2D eigenvalue weighted by molar-refractivity contribution is -0.133. The molecule has 1 spiro atoms. The fraction of sp³-hybridized carbons (Fsp3) is 0.394.